The first-order valence-electron chi connectivity index (χ1n) is 7.58. The van der Waals surface area contributed by atoms with Gasteiger partial charge >= 0.3 is 6.18 Å². The van der Waals surface area contributed by atoms with Crippen LogP contribution in [-0.4, -0.2) is 12.7 Å². The van der Waals surface area contributed by atoms with Gasteiger partial charge in [0.25, 0.3) is 0 Å². The summed E-state index contributed by atoms with van der Waals surface area (Å²) in [7, 11) is 0. The van der Waals surface area contributed by atoms with Gasteiger partial charge in [-0.2, -0.15) is 13.2 Å². The van der Waals surface area contributed by atoms with Gasteiger partial charge in [0, 0.05) is 5.56 Å². The molecule has 2 aromatic rings. The average molecular weight is 339 g/mol. The molecule has 3 nitrogen and oxygen atoms in total. The van der Waals surface area contributed by atoms with E-state index >= 15 is 0 Å². The Balaban J connectivity index is 2.02. The lowest BCUT2D eigenvalue weighted by Gasteiger charge is -2.19. The van der Waals surface area contributed by atoms with Crippen molar-refractivity contribution in [2.75, 3.05) is 6.61 Å². The van der Waals surface area contributed by atoms with Crippen LogP contribution in [0.2, 0.25) is 0 Å². The molecule has 2 rings (SSSR count). The topological polar surface area (TPSA) is 44.5 Å². The first-order valence-corrected chi connectivity index (χ1v) is 7.58. The normalized spacial score (nSPS) is 13.0. The van der Waals surface area contributed by atoms with Crippen LogP contribution in [0.1, 0.15) is 31.0 Å². The third kappa shape index (κ3) is 4.89. The van der Waals surface area contributed by atoms with Gasteiger partial charge in [-0.05, 0) is 44.2 Å². The van der Waals surface area contributed by atoms with E-state index in [9.17, 15) is 13.2 Å². The zero-order chi connectivity index (χ0) is 17.7. The van der Waals surface area contributed by atoms with E-state index in [0.717, 1.165) is 17.7 Å². The number of rotatable bonds is 6. The maximum Gasteiger partial charge on any atom is 0.416 e. The number of alkyl halides is 3. The van der Waals surface area contributed by atoms with Crippen molar-refractivity contribution >= 4 is 0 Å². The Morgan fingerprint density at radius 2 is 1.62 bits per heavy atom. The van der Waals surface area contributed by atoms with Crippen LogP contribution in [0.5, 0.6) is 11.5 Å². The zero-order valence-corrected chi connectivity index (χ0v) is 13.5. The molecule has 0 aliphatic carbocycles. The summed E-state index contributed by atoms with van der Waals surface area (Å²) in [5, 5.41) is 0. The van der Waals surface area contributed by atoms with E-state index in [-0.39, 0.29) is 12.7 Å². The standard InChI is InChI=1S/C18H20F3NO2/c1-12(2)24-17-6-4-3-5-15(17)16(22)11-23-14-9-7-13(8-10-14)18(19,20)21/h3-10,12,16H,11,22H2,1-2H3. The fourth-order valence-corrected chi connectivity index (χ4v) is 2.16. The van der Waals surface area contributed by atoms with Crippen molar-refractivity contribution in [3.63, 3.8) is 0 Å². The van der Waals surface area contributed by atoms with Crippen LogP contribution in [0, 0.1) is 0 Å². The highest BCUT2D eigenvalue weighted by atomic mass is 19.4. The Kier molecular flexibility index (Phi) is 5.72. The van der Waals surface area contributed by atoms with Crippen molar-refractivity contribution in [3.05, 3.63) is 59.7 Å². The smallest absolute Gasteiger partial charge is 0.416 e. The van der Waals surface area contributed by atoms with E-state index < -0.39 is 17.8 Å². The molecule has 130 valence electrons. The van der Waals surface area contributed by atoms with Crippen LogP contribution in [-0.2, 0) is 6.18 Å². The summed E-state index contributed by atoms with van der Waals surface area (Å²) in [5.41, 5.74) is 6.21. The van der Waals surface area contributed by atoms with Crippen molar-refractivity contribution in [1.29, 1.82) is 0 Å². The van der Waals surface area contributed by atoms with Gasteiger partial charge in [-0.3, -0.25) is 0 Å². The predicted octanol–water partition coefficient (Wildman–Crippen LogP) is 4.57. The molecule has 0 bridgehead atoms. The van der Waals surface area contributed by atoms with Crippen LogP contribution >= 0.6 is 0 Å². The molecule has 2 N–H and O–H groups in total. The van der Waals surface area contributed by atoms with E-state index in [0.29, 0.717) is 11.5 Å². The zero-order valence-electron chi connectivity index (χ0n) is 13.5. The Morgan fingerprint density at radius 3 is 2.21 bits per heavy atom. The molecule has 6 heteroatoms. The third-order valence-corrected chi connectivity index (χ3v) is 3.29. The van der Waals surface area contributed by atoms with Gasteiger partial charge in [-0.25, -0.2) is 0 Å². The van der Waals surface area contributed by atoms with Crippen LogP contribution in [0.25, 0.3) is 0 Å². The van der Waals surface area contributed by atoms with Crippen molar-refractivity contribution in [1.82, 2.24) is 0 Å². The summed E-state index contributed by atoms with van der Waals surface area (Å²) >= 11 is 0. The molecule has 1 atom stereocenters. The molecule has 0 heterocycles. The fraction of sp³-hybridized carbons (Fsp3) is 0.333. The molecule has 24 heavy (non-hydrogen) atoms. The second kappa shape index (κ2) is 7.57. The summed E-state index contributed by atoms with van der Waals surface area (Å²) in [6.45, 7) is 3.96. The first kappa shape index (κ1) is 18.1. The summed E-state index contributed by atoms with van der Waals surface area (Å²) < 4.78 is 48.8. The lowest BCUT2D eigenvalue weighted by molar-refractivity contribution is -0.137. The van der Waals surface area contributed by atoms with Gasteiger partial charge in [-0.1, -0.05) is 18.2 Å². The monoisotopic (exact) mass is 339 g/mol. The molecule has 0 aliphatic heterocycles. The number of nitrogens with two attached hydrogens (primary N) is 1. The second-order valence-corrected chi connectivity index (χ2v) is 5.64. The number of hydrogen-bond donors (Lipinski definition) is 1. The minimum atomic E-state index is -4.36. The van der Waals surface area contributed by atoms with Crippen LogP contribution in [0.3, 0.4) is 0 Å². The average Bonchev–Trinajstić information content (AvgIpc) is 2.52. The minimum absolute atomic E-state index is 0.00850. The molecule has 1 unspecified atom stereocenters. The fourth-order valence-electron chi connectivity index (χ4n) is 2.16. The molecule has 2 aromatic carbocycles. The Labute approximate surface area is 139 Å². The Morgan fingerprint density at radius 1 is 1.00 bits per heavy atom. The Hall–Kier alpha value is -2.21. The van der Waals surface area contributed by atoms with E-state index in [2.05, 4.69) is 0 Å². The van der Waals surface area contributed by atoms with Crippen molar-refractivity contribution in [2.45, 2.75) is 32.2 Å². The van der Waals surface area contributed by atoms with Gasteiger partial charge in [0.2, 0.25) is 0 Å². The van der Waals surface area contributed by atoms with Crippen LogP contribution in [0.15, 0.2) is 48.5 Å². The molecule has 0 aromatic heterocycles. The van der Waals surface area contributed by atoms with E-state index in [4.69, 9.17) is 15.2 Å². The summed E-state index contributed by atoms with van der Waals surface area (Å²) in [4.78, 5) is 0. The van der Waals surface area contributed by atoms with E-state index in [1.54, 1.807) is 0 Å². The largest absolute Gasteiger partial charge is 0.492 e. The molecule has 0 spiro atoms. The predicted molar refractivity (Wildman–Crippen MR) is 86.1 cm³/mol. The quantitative estimate of drug-likeness (QED) is 0.838. The maximum atomic E-state index is 12.5. The molecular weight excluding hydrogens is 319 g/mol. The molecule has 0 amide bonds. The third-order valence-electron chi connectivity index (χ3n) is 3.29. The first-order chi connectivity index (χ1) is 11.3. The lowest BCUT2D eigenvalue weighted by atomic mass is 10.1. The second-order valence-electron chi connectivity index (χ2n) is 5.64. The number of para-hydroxylation sites is 1. The van der Waals surface area contributed by atoms with Gasteiger partial charge in [0.15, 0.2) is 0 Å². The molecule has 0 saturated heterocycles. The SMILES string of the molecule is CC(C)Oc1ccccc1C(N)COc1ccc(C(F)(F)F)cc1. The summed E-state index contributed by atoms with van der Waals surface area (Å²) in [6, 6.07) is 11.4. The molecule has 0 aliphatic rings. The molecular formula is C18H20F3NO2. The number of halogens is 3. The summed E-state index contributed by atoms with van der Waals surface area (Å²) in [5.74, 6) is 1.01. The number of ether oxygens (including phenoxy) is 2. The maximum absolute atomic E-state index is 12.5. The van der Waals surface area contributed by atoms with Crippen molar-refractivity contribution in [2.24, 2.45) is 5.73 Å². The molecule has 0 saturated carbocycles. The van der Waals surface area contributed by atoms with Crippen LogP contribution in [0.4, 0.5) is 13.2 Å². The Bertz CT molecular complexity index is 654. The van der Waals surface area contributed by atoms with Gasteiger partial charge in [-0.15, -0.1) is 0 Å². The van der Waals surface area contributed by atoms with Crippen LogP contribution < -0.4 is 15.2 Å². The number of hydrogen-bond acceptors (Lipinski definition) is 3. The lowest BCUT2D eigenvalue weighted by Crippen LogP contribution is -2.20. The van der Waals surface area contributed by atoms with Gasteiger partial charge < -0.3 is 15.2 Å². The highest BCUT2D eigenvalue weighted by Crippen LogP contribution is 2.30. The summed E-state index contributed by atoms with van der Waals surface area (Å²) in [6.07, 6.45) is -4.35. The van der Waals surface area contributed by atoms with Crippen molar-refractivity contribution in [3.8, 4) is 11.5 Å². The molecule has 0 fully saturated rings. The van der Waals surface area contributed by atoms with E-state index in [1.165, 1.54) is 12.1 Å². The minimum Gasteiger partial charge on any atom is -0.492 e. The van der Waals surface area contributed by atoms with E-state index in [1.807, 2.05) is 38.1 Å². The number of benzene rings is 2. The highest BCUT2D eigenvalue weighted by molar-refractivity contribution is 5.36. The van der Waals surface area contributed by atoms with Gasteiger partial charge in [0.1, 0.15) is 18.1 Å². The highest BCUT2D eigenvalue weighted by Gasteiger charge is 2.30. The van der Waals surface area contributed by atoms with Crippen molar-refractivity contribution < 1.29 is 22.6 Å². The molecule has 0 radical (unpaired) electrons. The van der Waals surface area contributed by atoms with Gasteiger partial charge in [0.05, 0.1) is 17.7 Å².